The van der Waals surface area contributed by atoms with Gasteiger partial charge >= 0.3 is 0 Å². The van der Waals surface area contributed by atoms with Crippen molar-refractivity contribution in [3.05, 3.63) is 157 Å². The van der Waals surface area contributed by atoms with Crippen LogP contribution in [0.5, 0.6) is 0 Å². The number of rotatable bonds is 6. The van der Waals surface area contributed by atoms with Crippen LogP contribution in [0.15, 0.2) is 133 Å². The molecule has 2 aromatic heterocycles. The third kappa shape index (κ3) is 6.15. The number of aromatic nitrogens is 6. The predicted molar refractivity (Wildman–Crippen MR) is 202 cm³/mol. The van der Waals surface area contributed by atoms with Gasteiger partial charge in [-0.3, -0.25) is 0 Å². The molecule has 6 nitrogen and oxygen atoms in total. The fourth-order valence-electron chi connectivity index (χ4n) is 6.62. The summed E-state index contributed by atoms with van der Waals surface area (Å²) in [6.45, 7) is 7.58. The zero-order valence-electron chi connectivity index (χ0n) is 28.4. The van der Waals surface area contributed by atoms with Gasteiger partial charge < -0.3 is 0 Å². The van der Waals surface area contributed by atoms with E-state index in [1.54, 1.807) is 0 Å². The van der Waals surface area contributed by atoms with Crippen molar-refractivity contribution >= 4 is 10.8 Å². The summed E-state index contributed by atoms with van der Waals surface area (Å²) in [5.74, 6) is 4.32. The molecule has 0 radical (unpaired) electrons. The van der Waals surface area contributed by atoms with Crippen LogP contribution in [0.1, 0.15) is 23.3 Å². The summed E-state index contributed by atoms with van der Waals surface area (Å²) in [6, 6.07) is 47.6. The lowest BCUT2D eigenvalue weighted by atomic mass is 9.90. The number of aryl methyl sites for hydroxylation is 4. The van der Waals surface area contributed by atoms with E-state index in [1.807, 2.05) is 27.7 Å². The highest BCUT2D eigenvalue weighted by atomic mass is 15.0. The van der Waals surface area contributed by atoms with Gasteiger partial charge in [0.05, 0.1) is 0 Å². The lowest BCUT2D eigenvalue weighted by molar-refractivity contribution is 0.928. The minimum absolute atomic E-state index is 0.703. The number of fused-ring (bicyclic) bond motifs is 1. The lowest BCUT2D eigenvalue weighted by Gasteiger charge is -2.14. The molecule has 8 aromatic rings. The van der Waals surface area contributed by atoms with Gasteiger partial charge in [0.2, 0.25) is 0 Å². The topological polar surface area (TPSA) is 77.3 Å². The molecule has 0 amide bonds. The Balaban J connectivity index is 1.07. The summed E-state index contributed by atoms with van der Waals surface area (Å²) in [5.41, 5.74) is 11.4. The van der Waals surface area contributed by atoms with Crippen LogP contribution in [0, 0.1) is 27.7 Å². The SMILES string of the molecule is Cc1nc(C)nc(-c2ccc(-c3ccc(-c4cccc5cccc(-c6ccc(-c7ccc(-c8nc(C)nc(C)n8)cc7)cc6)c45)cc3)cc2)n1. The van der Waals surface area contributed by atoms with Crippen molar-refractivity contribution < 1.29 is 0 Å². The first-order valence-electron chi connectivity index (χ1n) is 16.7. The fraction of sp³-hybridized carbons (Fsp3) is 0.0909. The Morgan fingerprint density at radius 1 is 0.280 bits per heavy atom. The van der Waals surface area contributed by atoms with Crippen LogP contribution >= 0.6 is 0 Å². The molecule has 0 unspecified atom stereocenters. The molecule has 0 bridgehead atoms. The van der Waals surface area contributed by atoms with E-state index in [4.69, 9.17) is 0 Å². The van der Waals surface area contributed by atoms with E-state index in [2.05, 4.69) is 163 Å². The highest BCUT2D eigenvalue weighted by Crippen LogP contribution is 2.38. The Hall–Kier alpha value is -6.40. The molecule has 6 aromatic carbocycles. The van der Waals surface area contributed by atoms with Crippen LogP contribution in [-0.4, -0.2) is 29.9 Å². The maximum atomic E-state index is 4.51. The van der Waals surface area contributed by atoms with Crippen LogP contribution in [0.2, 0.25) is 0 Å². The summed E-state index contributed by atoms with van der Waals surface area (Å²) >= 11 is 0. The van der Waals surface area contributed by atoms with Gasteiger partial charge in [0.1, 0.15) is 23.3 Å². The second kappa shape index (κ2) is 12.9. The summed E-state index contributed by atoms with van der Waals surface area (Å²) in [4.78, 5) is 26.7. The minimum atomic E-state index is 0.703. The molecule has 0 atom stereocenters. The summed E-state index contributed by atoms with van der Waals surface area (Å²) < 4.78 is 0. The van der Waals surface area contributed by atoms with Gasteiger partial charge in [0, 0.05) is 11.1 Å². The summed E-state index contributed by atoms with van der Waals surface area (Å²) in [7, 11) is 0. The minimum Gasteiger partial charge on any atom is -0.219 e. The van der Waals surface area contributed by atoms with Crippen molar-refractivity contribution in [1.82, 2.24) is 29.9 Å². The van der Waals surface area contributed by atoms with E-state index >= 15 is 0 Å². The largest absolute Gasteiger partial charge is 0.219 e. The lowest BCUT2D eigenvalue weighted by Crippen LogP contribution is -1.98. The average Bonchev–Trinajstić information content (AvgIpc) is 3.14. The van der Waals surface area contributed by atoms with Gasteiger partial charge in [-0.2, -0.15) is 0 Å². The molecule has 0 N–H and O–H groups in total. The Bertz CT molecular complexity index is 2270. The van der Waals surface area contributed by atoms with Crippen molar-refractivity contribution in [1.29, 1.82) is 0 Å². The van der Waals surface area contributed by atoms with Crippen molar-refractivity contribution in [2.45, 2.75) is 27.7 Å². The standard InChI is InChI=1S/C44H34N6/c1-27-45-28(2)48-43(47-27)38-23-15-33(16-24-38)31-11-19-35(20-12-31)40-9-5-7-37-8-6-10-41(42(37)40)36-21-13-32(14-22-36)34-17-25-39(26-18-34)44-49-29(3)46-30(4)50-44/h5-26H,1-4H3. The average molecular weight is 647 g/mol. The Kier molecular flexibility index (Phi) is 7.97. The third-order valence-electron chi connectivity index (χ3n) is 8.97. The van der Waals surface area contributed by atoms with Crippen LogP contribution in [0.4, 0.5) is 0 Å². The maximum Gasteiger partial charge on any atom is 0.163 e. The fourth-order valence-corrected chi connectivity index (χ4v) is 6.62. The van der Waals surface area contributed by atoms with E-state index in [0.29, 0.717) is 11.6 Å². The zero-order valence-corrected chi connectivity index (χ0v) is 28.4. The van der Waals surface area contributed by atoms with Crippen molar-refractivity contribution in [3.8, 4) is 67.3 Å². The van der Waals surface area contributed by atoms with Crippen molar-refractivity contribution in [2.24, 2.45) is 0 Å². The molecule has 6 heteroatoms. The van der Waals surface area contributed by atoms with Crippen LogP contribution in [0.3, 0.4) is 0 Å². The maximum absolute atomic E-state index is 4.51. The molecule has 50 heavy (non-hydrogen) atoms. The first-order valence-corrected chi connectivity index (χ1v) is 16.7. The second-order valence-electron chi connectivity index (χ2n) is 12.5. The summed E-state index contributed by atoms with van der Waals surface area (Å²) in [6.07, 6.45) is 0. The third-order valence-corrected chi connectivity index (χ3v) is 8.97. The number of nitrogens with zero attached hydrogens (tertiary/aromatic N) is 6. The van der Waals surface area contributed by atoms with E-state index in [1.165, 1.54) is 33.0 Å². The molecule has 240 valence electrons. The molecule has 0 saturated heterocycles. The van der Waals surface area contributed by atoms with Crippen LogP contribution in [-0.2, 0) is 0 Å². The number of hydrogen-bond acceptors (Lipinski definition) is 6. The van der Waals surface area contributed by atoms with Gasteiger partial charge in [-0.1, -0.05) is 133 Å². The van der Waals surface area contributed by atoms with Gasteiger partial charge in [-0.05, 0) is 83.0 Å². The molecule has 2 heterocycles. The van der Waals surface area contributed by atoms with Gasteiger partial charge in [-0.25, -0.2) is 29.9 Å². The second-order valence-corrected chi connectivity index (χ2v) is 12.5. The quantitative estimate of drug-likeness (QED) is 0.179. The monoisotopic (exact) mass is 646 g/mol. The molecule has 0 aliphatic rings. The first kappa shape index (κ1) is 30.9. The van der Waals surface area contributed by atoms with Gasteiger partial charge in [0.25, 0.3) is 0 Å². The highest BCUT2D eigenvalue weighted by molar-refractivity contribution is 6.06. The molecular weight excluding hydrogens is 613 g/mol. The Labute approximate surface area is 291 Å². The zero-order chi connectivity index (χ0) is 34.2. The van der Waals surface area contributed by atoms with Crippen molar-refractivity contribution in [2.75, 3.05) is 0 Å². The molecule has 0 aliphatic heterocycles. The molecule has 0 aliphatic carbocycles. The van der Waals surface area contributed by atoms with E-state index in [0.717, 1.165) is 56.7 Å². The van der Waals surface area contributed by atoms with Crippen LogP contribution in [0.25, 0.3) is 78.1 Å². The molecule has 0 saturated carbocycles. The van der Waals surface area contributed by atoms with Crippen LogP contribution < -0.4 is 0 Å². The number of benzene rings is 6. The molecule has 0 spiro atoms. The van der Waals surface area contributed by atoms with E-state index in [-0.39, 0.29) is 0 Å². The van der Waals surface area contributed by atoms with E-state index < -0.39 is 0 Å². The molecular formula is C44H34N6. The molecule has 8 rings (SSSR count). The smallest absolute Gasteiger partial charge is 0.163 e. The highest BCUT2D eigenvalue weighted by Gasteiger charge is 2.12. The predicted octanol–water partition coefficient (Wildman–Crippen LogP) is 10.4. The van der Waals surface area contributed by atoms with Gasteiger partial charge in [-0.15, -0.1) is 0 Å². The normalized spacial score (nSPS) is 11.2. The number of hydrogen-bond donors (Lipinski definition) is 0. The van der Waals surface area contributed by atoms with Gasteiger partial charge in [0.15, 0.2) is 11.6 Å². The molecule has 0 fully saturated rings. The Morgan fingerprint density at radius 3 is 0.880 bits per heavy atom. The Morgan fingerprint density at radius 2 is 0.560 bits per heavy atom. The summed E-state index contributed by atoms with van der Waals surface area (Å²) in [5, 5.41) is 2.46. The first-order chi connectivity index (χ1) is 24.4. The van der Waals surface area contributed by atoms with Crippen molar-refractivity contribution in [3.63, 3.8) is 0 Å². The van der Waals surface area contributed by atoms with E-state index in [9.17, 15) is 0 Å².